The number of aryl methyl sites for hydroxylation is 1. The number of esters is 1. The van der Waals surface area contributed by atoms with Crippen molar-refractivity contribution in [3.8, 4) is 23.3 Å². The van der Waals surface area contributed by atoms with E-state index in [1.54, 1.807) is 13.2 Å². The Bertz CT molecular complexity index is 1190. The smallest absolute Gasteiger partial charge is 0.342 e. The Morgan fingerprint density at radius 1 is 1.11 bits per heavy atom. The SMILES string of the molecule is COCOC(C#CC[C@@H](C)O[Si](C)(C)C(C)(C)C)[C@H]1OC(C)(C)O[C@H]1CCCc1cc(OC)cc(O)c1C(=O)OCC[Si](C)(C)C. The number of hydrogen-bond acceptors (Lipinski definition) is 9. The third-order valence-electron chi connectivity index (χ3n) is 8.45. The Balaban J connectivity index is 2.20. The van der Waals surface area contributed by atoms with Gasteiger partial charge < -0.3 is 38.0 Å². The zero-order valence-corrected chi connectivity index (χ0v) is 32.6. The molecule has 262 valence electrons. The Morgan fingerprint density at radius 2 is 1.78 bits per heavy atom. The number of ether oxygens (including phenoxy) is 6. The van der Waals surface area contributed by atoms with Gasteiger partial charge in [-0.3, -0.25) is 0 Å². The third-order valence-corrected chi connectivity index (χ3v) is 14.8. The minimum Gasteiger partial charge on any atom is -0.507 e. The van der Waals surface area contributed by atoms with Gasteiger partial charge in [0.2, 0.25) is 0 Å². The van der Waals surface area contributed by atoms with Crippen LogP contribution in [0.4, 0.5) is 0 Å². The second kappa shape index (κ2) is 17.0. The highest BCUT2D eigenvalue weighted by molar-refractivity contribution is 6.76. The lowest BCUT2D eigenvalue weighted by molar-refractivity contribution is -0.162. The van der Waals surface area contributed by atoms with E-state index in [9.17, 15) is 9.90 Å². The van der Waals surface area contributed by atoms with E-state index in [1.807, 2.05) is 13.8 Å². The van der Waals surface area contributed by atoms with Gasteiger partial charge in [0.15, 0.2) is 14.1 Å². The van der Waals surface area contributed by atoms with Gasteiger partial charge in [-0.05, 0) is 75.8 Å². The molecule has 9 nitrogen and oxygen atoms in total. The molecule has 0 saturated carbocycles. The molecule has 0 radical (unpaired) electrons. The molecule has 0 spiro atoms. The number of benzene rings is 1. The third kappa shape index (κ3) is 12.6. The van der Waals surface area contributed by atoms with Crippen molar-refractivity contribution in [3.05, 3.63) is 23.3 Å². The van der Waals surface area contributed by atoms with Crippen LogP contribution in [0.15, 0.2) is 12.1 Å². The maximum atomic E-state index is 13.1. The molecule has 1 N–H and O–H groups in total. The lowest BCUT2D eigenvalue weighted by Crippen LogP contribution is -2.43. The largest absolute Gasteiger partial charge is 0.507 e. The summed E-state index contributed by atoms with van der Waals surface area (Å²) in [6.07, 6.45) is 0.937. The van der Waals surface area contributed by atoms with Gasteiger partial charge in [-0.2, -0.15) is 0 Å². The zero-order valence-electron chi connectivity index (χ0n) is 30.6. The topological polar surface area (TPSA) is 102 Å². The Morgan fingerprint density at radius 3 is 2.37 bits per heavy atom. The molecule has 0 amide bonds. The molecule has 0 aromatic heterocycles. The van der Waals surface area contributed by atoms with Gasteiger partial charge in [0.1, 0.15) is 36.1 Å². The van der Waals surface area contributed by atoms with Crippen LogP contribution in [0.5, 0.6) is 11.5 Å². The molecule has 1 unspecified atom stereocenters. The first-order valence-electron chi connectivity index (χ1n) is 16.4. The fourth-order valence-electron chi connectivity index (χ4n) is 4.95. The van der Waals surface area contributed by atoms with Crippen LogP contribution in [0, 0.1) is 11.8 Å². The molecule has 1 aromatic carbocycles. The fraction of sp³-hybridized carbons (Fsp3) is 0.743. The van der Waals surface area contributed by atoms with Crippen molar-refractivity contribution in [2.24, 2.45) is 0 Å². The first-order chi connectivity index (χ1) is 21.2. The van der Waals surface area contributed by atoms with Crippen LogP contribution in [0.25, 0.3) is 0 Å². The second-order valence-electron chi connectivity index (χ2n) is 15.4. The van der Waals surface area contributed by atoms with Crippen molar-refractivity contribution in [1.29, 1.82) is 0 Å². The molecule has 11 heteroatoms. The van der Waals surface area contributed by atoms with Gasteiger partial charge in [-0.15, -0.1) is 0 Å². The van der Waals surface area contributed by atoms with Crippen molar-refractivity contribution in [2.45, 2.75) is 141 Å². The van der Waals surface area contributed by atoms with E-state index in [0.29, 0.717) is 43.6 Å². The van der Waals surface area contributed by atoms with Gasteiger partial charge in [0.05, 0.1) is 25.9 Å². The molecular formula is C35H60O9Si2. The van der Waals surface area contributed by atoms with Crippen LogP contribution < -0.4 is 4.74 Å². The van der Waals surface area contributed by atoms with Crippen LogP contribution in [-0.4, -0.2) is 85.3 Å². The van der Waals surface area contributed by atoms with Crippen LogP contribution in [0.1, 0.15) is 76.7 Å². The second-order valence-corrected chi connectivity index (χ2v) is 25.7. The zero-order chi connectivity index (χ0) is 34.9. The fourth-order valence-corrected chi connectivity index (χ4v) is 7.11. The predicted octanol–water partition coefficient (Wildman–Crippen LogP) is 7.53. The number of carbonyl (C=O) groups excluding carboxylic acids is 1. The van der Waals surface area contributed by atoms with Crippen molar-refractivity contribution >= 4 is 22.4 Å². The lowest BCUT2D eigenvalue weighted by atomic mass is 9.97. The molecule has 1 heterocycles. The van der Waals surface area contributed by atoms with Gasteiger partial charge >= 0.3 is 5.97 Å². The average Bonchev–Trinajstić information content (AvgIpc) is 3.22. The molecule has 1 aliphatic rings. The molecule has 4 atom stereocenters. The first kappa shape index (κ1) is 40.3. The Hall–Kier alpha value is -1.92. The van der Waals surface area contributed by atoms with Crippen molar-refractivity contribution in [1.82, 2.24) is 0 Å². The van der Waals surface area contributed by atoms with Crippen LogP contribution in [0.2, 0.25) is 43.8 Å². The average molecular weight is 681 g/mol. The molecule has 2 rings (SSSR count). The minimum absolute atomic E-state index is 0.0137. The van der Waals surface area contributed by atoms with Gasteiger partial charge in [0, 0.05) is 27.7 Å². The van der Waals surface area contributed by atoms with Crippen molar-refractivity contribution in [2.75, 3.05) is 27.6 Å². The summed E-state index contributed by atoms with van der Waals surface area (Å²) in [7, 11) is -0.200. The molecule has 0 bridgehead atoms. The monoisotopic (exact) mass is 680 g/mol. The van der Waals surface area contributed by atoms with E-state index in [1.165, 1.54) is 13.2 Å². The predicted molar refractivity (Wildman–Crippen MR) is 187 cm³/mol. The van der Waals surface area contributed by atoms with Crippen molar-refractivity contribution in [3.63, 3.8) is 0 Å². The summed E-state index contributed by atoms with van der Waals surface area (Å²) in [6, 6.07) is 4.07. The highest BCUT2D eigenvalue weighted by atomic mass is 28.4. The summed E-state index contributed by atoms with van der Waals surface area (Å²) in [5.74, 6) is 5.52. The first-order valence-corrected chi connectivity index (χ1v) is 23.0. The summed E-state index contributed by atoms with van der Waals surface area (Å²) in [5.41, 5.74) is 0.838. The van der Waals surface area contributed by atoms with E-state index >= 15 is 0 Å². The number of rotatable bonds is 16. The Labute approximate surface area is 280 Å². The standard InChI is InChI=1S/C35H60O9Si2/c1-25(44-46(12,13)34(2,3)4)16-14-18-29(41-24-38-7)32-30(42-35(5,6)43-32)19-15-17-26-22-27(39-8)23-28(36)31(26)33(37)40-20-21-45(9,10)11/h22-23,25,29-30,32,36H,15-17,19-21,24H2,1-13H3/t25-,29?,30+,32-/m1/s1. The van der Waals surface area contributed by atoms with E-state index in [2.05, 4.69) is 72.3 Å². The molecular weight excluding hydrogens is 621 g/mol. The van der Waals surface area contributed by atoms with Crippen molar-refractivity contribution < 1.29 is 42.7 Å². The van der Waals surface area contributed by atoms with Crippen LogP contribution in [-0.2, 0) is 34.5 Å². The van der Waals surface area contributed by atoms with E-state index in [-0.39, 0.29) is 35.4 Å². The number of phenolic OH excluding ortho intramolecular Hbond substituents is 1. The van der Waals surface area contributed by atoms with Crippen LogP contribution in [0.3, 0.4) is 0 Å². The minimum atomic E-state index is -1.92. The van der Waals surface area contributed by atoms with E-state index in [0.717, 1.165) is 6.04 Å². The maximum absolute atomic E-state index is 13.1. The number of aromatic hydroxyl groups is 1. The summed E-state index contributed by atoms with van der Waals surface area (Å²) in [4.78, 5) is 13.1. The van der Waals surface area contributed by atoms with E-state index < -0.39 is 40.4 Å². The highest BCUT2D eigenvalue weighted by Crippen LogP contribution is 2.38. The summed E-state index contributed by atoms with van der Waals surface area (Å²) in [6.45, 7) is 24.0. The van der Waals surface area contributed by atoms with E-state index in [4.69, 9.17) is 32.8 Å². The molecule has 0 aliphatic carbocycles. The lowest BCUT2D eigenvalue weighted by Gasteiger charge is -2.38. The number of methoxy groups -OCH3 is 2. The maximum Gasteiger partial charge on any atom is 0.342 e. The Kier molecular flexibility index (Phi) is 14.8. The van der Waals surface area contributed by atoms with Gasteiger partial charge in [-0.25, -0.2) is 4.79 Å². The number of phenols is 1. The quantitative estimate of drug-likeness (QED) is 0.0822. The van der Waals surface area contributed by atoms with Crippen LogP contribution >= 0.6 is 0 Å². The molecule has 1 aromatic rings. The molecule has 1 saturated heterocycles. The number of carbonyl (C=O) groups is 1. The molecule has 1 aliphatic heterocycles. The normalized spacial score (nSPS) is 19.7. The van der Waals surface area contributed by atoms with Gasteiger partial charge in [-0.1, -0.05) is 52.3 Å². The number of hydrogen-bond donors (Lipinski definition) is 1. The molecule has 1 fully saturated rings. The van der Waals surface area contributed by atoms with Gasteiger partial charge in [0.25, 0.3) is 0 Å². The highest BCUT2D eigenvalue weighted by Gasteiger charge is 2.45. The summed E-state index contributed by atoms with van der Waals surface area (Å²) in [5, 5.41) is 10.9. The summed E-state index contributed by atoms with van der Waals surface area (Å²) >= 11 is 0. The summed E-state index contributed by atoms with van der Waals surface area (Å²) < 4.78 is 41.4. The molecule has 46 heavy (non-hydrogen) atoms.